The van der Waals surface area contributed by atoms with Crippen LogP contribution < -0.4 is 9.80 Å². The summed E-state index contributed by atoms with van der Waals surface area (Å²) in [6.07, 6.45) is 3.07. The van der Waals surface area contributed by atoms with Gasteiger partial charge in [0, 0.05) is 22.6 Å². The summed E-state index contributed by atoms with van der Waals surface area (Å²) in [4.78, 5) is 17.4. The second-order valence-corrected chi connectivity index (χ2v) is 20.3. The Morgan fingerprint density at radius 3 is 1.37 bits per heavy atom. The smallest absolute Gasteiger partial charge is 0.237 e. The average Bonchev–Trinajstić information content (AvgIpc) is 2.65. The van der Waals surface area contributed by atoms with Crippen LogP contribution in [0, 0.1) is 5.82 Å². The highest BCUT2D eigenvalue weighted by atomic mass is 19.1. The van der Waals surface area contributed by atoms with Gasteiger partial charge in [-0.3, -0.25) is 4.90 Å². The third kappa shape index (κ3) is 6.20. The third-order valence-electron chi connectivity index (χ3n) is 16.5. The highest BCUT2D eigenvalue weighted by Crippen LogP contribution is 2.65. The van der Waals surface area contributed by atoms with E-state index in [2.05, 4.69) is 237 Å². The van der Waals surface area contributed by atoms with Crippen LogP contribution in [-0.2, 0) is 5.41 Å². The zero-order valence-electron chi connectivity index (χ0n) is 42.0. The van der Waals surface area contributed by atoms with Crippen LogP contribution in [-0.4, -0.2) is 15.0 Å². The Morgan fingerprint density at radius 2 is 0.769 bits per heavy atom. The molecule has 3 aliphatic rings. The zero-order chi connectivity index (χ0) is 51.5. The summed E-state index contributed by atoms with van der Waals surface area (Å²) in [5.74, 6) is 0.242. The van der Waals surface area contributed by atoms with Crippen molar-refractivity contribution in [3.63, 3.8) is 0 Å². The molecule has 78 heavy (non-hydrogen) atoms. The number of anilines is 6. The van der Waals surface area contributed by atoms with E-state index in [1.165, 1.54) is 84.6 Å². The molecule has 12 aromatic carbocycles. The second kappa shape index (κ2) is 17.1. The van der Waals surface area contributed by atoms with E-state index in [4.69, 9.17) is 0 Å². The Hall–Kier alpha value is -10.3. The summed E-state index contributed by atoms with van der Waals surface area (Å²) in [6, 6.07) is 90.3. The quantitative estimate of drug-likeness (QED) is 0.152. The van der Waals surface area contributed by atoms with E-state index in [1.54, 1.807) is 12.1 Å². The lowest BCUT2D eigenvalue weighted by atomic mass is 9.70. The normalized spacial score (nSPS) is 12.8. The van der Waals surface area contributed by atoms with Gasteiger partial charge < -0.3 is 4.90 Å². The molecule has 1 spiro atoms. The molecule has 0 amide bonds. The van der Waals surface area contributed by atoms with E-state index in [-0.39, 0.29) is 5.82 Å². The van der Waals surface area contributed by atoms with Crippen molar-refractivity contribution in [3.8, 4) is 66.8 Å². The fourth-order valence-electron chi connectivity index (χ4n) is 13.5. The molecule has 0 unspecified atom stereocenters. The Kier molecular flexibility index (Phi) is 9.66. The maximum atomic E-state index is 16.8. The van der Waals surface area contributed by atoms with Gasteiger partial charge in [-0.1, -0.05) is 200 Å². The molecule has 1 aromatic heterocycles. The lowest BCUT2D eigenvalue weighted by Gasteiger charge is -2.32. The Bertz CT molecular complexity index is 4480. The molecular weight excluding hydrogens is 954 g/mol. The van der Waals surface area contributed by atoms with Gasteiger partial charge in [0.15, 0.2) is 0 Å². The van der Waals surface area contributed by atoms with E-state index >= 15 is 4.39 Å². The minimum atomic E-state index is -0.548. The Morgan fingerprint density at radius 1 is 0.321 bits per heavy atom. The summed E-state index contributed by atoms with van der Waals surface area (Å²) in [6.45, 7) is 0. The average molecular weight is 998 g/mol. The van der Waals surface area contributed by atoms with Crippen molar-refractivity contribution in [2.45, 2.75) is 5.41 Å². The predicted octanol–water partition coefficient (Wildman–Crippen LogP) is 18.6. The lowest BCUT2D eigenvalue weighted by molar-refractivity contribution is 0.629. The number of halogens is 1. The monoisotopic (exact) mass is 997 g/mol. The molecular formula is C72H44FN5. The zero-order valence-corrected chi connectivity index (χ0v) is 42.0. The third-order valence-corrected chi connectivity index (χ3v) is 16.5. The first-order valence-electron chi connectivity index (χ1n) is 26.4. The minimum Gasteiger partial charge on any atom is -0.307 e. The molecule has 3 aliphatic carbocycles. The van der Waals surface area contributed by atoms with Crippen LogP contribution in [0.5, 0.6) is 0 Å². The second-order valence-electron chi connectivity index (χ2n) is 20.3. The van der Waals surface area contributed by atoms with Gasteiger partial charge in [-0.15, -0.1) is 0 Å². The standard InChI is InChI=1S/C72H44FN5/c73-62-32-12-13-33-63(62)78(64-34-16-31-61-68(64)55-25-8-11-30-60(55)72(61)58-28-9-6-21-51(58)52-22-7-10-29-59(52)72)50-41-37-47(38-42-50)67-54-24-5-4-23-53(54)66(69-56-26-14-17-45-18-15-27-57(65(45)56)70(67)69)46-35-39-49(40-36-46)77(48-19-2-1-3-20-48)71-75-43-74-44-76-71/h1-44H. The van der Waals surface area contributed by atoms with Crippen LogP contribution in [0.4, 0.5) is 38.8 Å². The number of aromatic nitrogens is 3. The number of hydrogen-bond acceptors (Lipinski definition) is 5. The molecule has 0 fully saturated rings. The summed E-state index contributed by atoms with van der Waals surface area (Å²) < 4.78 is 16.8. The van der Waals surface area contributed by atoms with Crippen molar-refractivity contribution >= 4 is 55.9 Å². The van der Waals surface area contributed by atoms with E-state index in [0.29, 0.717) is 11.6 Å². The lowest BCUT2D eigenvalue weighted by Crippen LogP contribution is -2.26. The van der Waals surface area contributed by atoms with Gasteiger partial charge >= 0.3 is 0 Å². The summed E-state index contributed by atoms with van der Waals surface area (Å²) >= 11 is 0. The van der Waals surface area contributed by atoms with Crippen molar-refractivity contribution < 1.29 is 4.39 Å². The van der Waals surface area contributed by atoms with E-state index in [9.17, 15) is 0 Å². The van der Waals surface area contributed by atoms with Crippen LogP contribution in [0.3, 0.4) is 0 Å². The summed E-state index contributed by atoms with van der Waals surface area (Å²) in [7, 11) is 0. The van der Waals surface area contributed by atoms with Gasteiger partial charge in [0.05, 0.1) is 16.8 Å². The number of para-hydroxylation sites is 2. The topological polar surface area (TPSA) is 45.2 Å². The van der Waals surface area contributed by atoms with Crippen LogP contribution in [0.1, 0.15) is 22.3 Å². The van der Waals surface area contributed by atoms with Crippen LogP contribution in [0.2, 0.25) is 0 Å². The molecule has 364 valence electrons. The maximum absolute atomic E-state index is 16.8. The van der Waals surface area contributed by atoms with Crippen LogP contribution in [0.25, 0.3) is 88.3 Å². The first kappa shape index (κ1) is 44.0. The number of benzene rings is 12. The molecule has 6 heteroatoms. The van der Waals surface area contributed by atoms with Crippen molar-refractivity contribution in [1.29, 1.82) is 0 Å². The van der Waals surface area contributed by atoms with Gasteiger partial charge in [-0.2, -0.15) is 0 Å². The van der Waals surface area contributed by atoms with E-state index in [0.717, 1.165) is 61.3 Å². The fraction of sp³-hybridized carbons (Fsp3) is 0.0139. The van der Waals surface area contributed by atoms with Crippen molar-refractivity contribution in [3.05, 3.63) is 296 Å². The first-order valence-corrected chi connectivity index (χ1v) is 26.4. The van der Waals surface area contributed by atoms with Gasteiger partial charge in [-0.05, 0) is 160 Å². The molecule has 0 radical (unpaired) electrons. The molecule has 0 bridgehead atoms. The fourth-order valence-corrected chi connectivity index (χ4v) is 13.5. The minimum absolute atomic E-state index is 0.298. The number of rotatable bonds is 8. The van der Waals surface area contributed by atoms with Crippen LogP contribution >= 0.6 is 0 Å². The largest absolute Gasteiger partial charge is 0.307 e. The number of nitrogens with zero attached hydrogens (tertiary/aromatic N) is 5. The highest BCUT2D eigenvalue weighted by molar-refractivity contribution is 6.27. The molecule has 16 rings (SSSR count). The van der Waals surface area contributed by atoms with Gasteiger partial charge in [0.1, 0.15) is 18.5 Å². The number of fused-ring (bicyclic) bond motifs is 14. The maximum Gasteiger partial charge on any atom is 0.237 e. The molecule has 1 heterocycles. The molecule has 0 atom stereocenters. The van der Waals surface area contributed by atoms with Crippen LogP contribution in [0.15, 0.2) is 267 Å². The molecule has 0 aliphatic heterocycles. The SMILES string of the molecule is Fc1ccccc1N(c1ccc(-c2c3c(c(-c4ccc(N(c5ccccc5)c5ncncn5)cc4)c4ccccc24)-c2cccc4cccc-3c24)cc1)c1cccc2c1-c1ccccc1C21c2ccccc2-c2ccccc21. The summed E-state index contributed by atoms with van der Waals surface area (Å²) in [5.41, 5.74) is 22.6. The van der Waals surface area contributed by atoms with Gasteiger partial charge in [-0.25, -0.2) is 19.3 Å². The molecule has 0 saturated carbocycles. The summed E-state index contributed by atoms with van der Waals surface area (Å²) in [5, 5.41) is 4.75. The van der Waals surface area contributed by atoms with Crippen molar-refractivity contribution in [1.82, 2.24) is 15.0 Å². The number of hydrogen-bond donors (Lipinski definition) is 0. The van der Waals surface area contributed by atoms with Crippen molar-refractivity contribution in [2.24, 2.45) is 0 Å². The van der Waals surface area contributed by atoms with E-state index < -0.39 is 5.41 Å². The first-order chi connectivity index (χ1) is 38.7. The predicted molar refractivity (Wildman–Crippen MR) is 316 cm³/mol. The molecule has 0 N–H and O–H groups in total. The highest BCUT2D eigenvalue weighted by Gasteiger charge is 2.52. The molecule has 5 nitrogen and oxygen atoms in total. The molecule has 13 aromatic rings. The van der Waals surface area contributed by atoms with E-state index in [1.807, 2.05) is 30.3 Å². The van der Waals surface area contributed by atoms with Gasteiger partial charge in [0.2, 0.25) is 5.95 Å². The Balaban J connectivity index is 0.889. The van der Waals surface area contributed by atoms with Crippen molar-refractivity contribution in [2.75, 3.05) is 9.80 Å². The Labute approximate surface area is 450 Å². The van der Waals surface area contributed by atoms with Gasteiger partial charge in [0.25, 0.3) is 0 Å². The molecule has 0 saturated heterocycles.